The molecule has 1 nitrogen and oxygen atoms in total. The van der Waals surface area contributed by atoms with Crippen LogP contribution in [0.15, 0.2) is 0 Å². The Morgan fingerprint density at radius 2 is 2.09 bits per heavy atom. The van der Waals surface area contributed by atoms with E-state index in [1.807, 2.05) is 0 Å². The van der Waals surface area contributed by atoms with Crippen LogP contribution in [0.5, 0.6) is 0 Å². The molecule has 1 heterocycles. The lowest BCUT2D eigenvalue weighted by Gasteiger charge is -1.87. The molecule has 62 valence electrons. The van der Waals surface area contributed by atoms with Crippen LogP contribution in [-0.2, 0) is 4.74 Å². The molecule has 1 heteroatoms. The van der Waals surface area contributed by atoms with Gasteiger partial charge >= 0.3 is 0 Å². The highest BCUT2D eigenvalue weighted by Crippen LogP contribution is 2.19. The van der Waals surface area contributed by atoms with Crippen molar-refractivity contribution in [3.63, 3.8) is 0 Å². The molecule has 0 saturated carbocycles. The van der Waals surface area contributed by atoms with E-state index in [2.05, 4.69) is 25.7 Å². The zero-order valence-corrected chi connectivity index (χ0v) is 7.39. The van der Waals surface area contributed by atoms with E-state index in [1.165, 1.54) is 19.3 Å². The maximum Gasteiger partial charge on any atom is 0.144 e. The summed E-state index contributed by atoms with van der Waals surface area (Å²) in [5.74, 6) is 6.23. The quantitative estimate of drug-likeness (QED) is 0.343. The number of rotatable bonds is 3. The van der Waals surface area contributed by atoms with Gasteiger partial charge in [0.2, 0.25) is 0 Å². The van der Waals surface area contributed by atoms with Gasteiger partial charge in [-0.3, -0.25) is 0 Å². The molecule has 1 fully saturated rings. The second kappa shape index (κ2) is 4.41. The van der Waals surface area contributed by atoms with Crippen molar-refractivity contribution in [3.8, 4) is 11.8 Å². The van der Waals surface area contributed by atoms with Gasteiger partial charge in [0.05, 0.1) is 6.10 Å². The molecule has 2 atom stereocenters. The van der Waals surface area contributed by atoms with Crippen LogP contribution in [0.4, 0.5) is 0 Å². The van der Waals surface area contributed by atoms with Crippen molar-refractivity contribution in [1.82, 2.24) is 0 Å². The van der Waals surface area contributed by atoms with Gasteiger partial charge in [-0.15, -0.1) is 5.92 Å². The zero-order chi connectivity index (χ0) is 8.10. The van der Waals surface area contributed by atoms with Crippen molar-refractivity contribution in [1.29, 1.82) is 0 Å². The molecule has 0 aromatic carbocycles. The number of epoxide rings is 1. The highest BCUT2D eigenvalue weighted by Gasteiger charge is 2.31. The largest absolute Gasteiger partial charge is 0.356 e. The molecular formula is C10H16O. The summed E-state index contributed by atoms with van der Waals surface area (Å²) in [6, 6.07) is 0. The lowest BCUT2D eigenvalue weighted by Crippen LogP contribution is -1.81. The summed E-state index contributed by atoms with van der Waals surface area (Å²) < 4.78 is 5.15. The average Bonchev–Trinajstić information content (AvgIpc) is 2.67. The van der Waals surface area contributed by atoms with Gasteiger partial charge in [-0.1, -0.05) is 25.7 Å². The number of ether oxygens (including phenoxy) is 1. The Morgan fingerprint density at radius 1 is 1.36 bits per heavy atom. The predicted octanol–water partition coefficient (Wildman–Crippen LogP) is 2.36. The van der Waals surface area contributed by atoms with Crippen molar-refractivity contribution in [3.05, 3.63) is 0 Å². The first-order valence-electron chi connectivity index (χ1n) is 4.48. The summed E-state index contributed by atoms with van der Waals surface area (Å²) in [7, 11) is 0. The standard InChI is InChI=1S/C10H16O/c1-3-4-5-6-7-8-10-9(2)11-10/h9-10H,3-6H2,1-2H3/t9-,10+/m0/s1. The Hall–Kier alpha value is -0.480. The Balaban J connectivity index is 1.96. The fraction of sp³-hybridized carbons (Fsp3) is 0.800. The van der Waals surface area contributed by atoms with Crippen LogP contribution in [0.1, 0.15) is 39.5 Å². The highest BCUT2D eigenvalue weighted by molar-refractivity contribution is 5.12. The molecule has 1 rings (SSSR count). The predicted molar refractivity (Wildman–Crippen MR) is 46.3 cm³/mol. The number of hydrogen-bond donors (Lipinski definition) is 0. The van der Waals surface area contributed by atoms with E-state index in [0.717, 1.165) is 6.42 Å². The summed E-state index contributed by atoms with van der Waals surface area (Å²) in [4.78, 5) is 0. The van der Waals surface area contributed by atoms with Gasteiger partial charge in [0.25, 0.3) is 0 Å². The van der Waals surface area contributed by atoms with Crippen LogP contribution in [0.25, 0.3) is 0 Å². The molecule has 0 aromatic rings. The minimum atomic E-state index is 0.261. The number of hydrogen-bond acceptors (Lipinski definition) is 1. The molecule has 0 unspecified atom stereocenters. The van der Waals surface area contributed by atoms with Gasteiger partial charge in [-0.05, 0) is 13.3 Å². The Bertz CT molecular complexity index is 163. The van der Waals surface area contributed by atoms with Crippen molar-refractivity contribution in [2.45, 2.75) is 51.7 Å². The summed E-state index contributed by atoms with van der Waals surface area (Å²) in [5, 5.41) is 0. The van der Waals surface area contributed by atoms with Crippen molar-refractivity contribution in [2.75, 3.05) is 0 Å². The van der Waals surface area contributed by atoms with Crippen LogP contribution >= 0.6 is 0 Å². The van der Waals surface area contributed by atoms with E-state index < -0.39 is 0 Å². The van der Waals surface area contributed by atoms with Crippen LogP contribution in [-0.4, -0.2) is 12.2 Å². The fourth-order valence-corrected chi connectivity index (χ4v) is 0.973. The molecule has 0 spiro atoms. The van der Waals surface area contributed by atoms with Crippen molar-refractivity contribution < 1.29 is 4.74 Å². The monoisotopic (exact) mass is 152 g/mol. The van der Waals surface area contributed by atoms with Crippen molar-refractivity contribution in [2.24, 2.45) is 0 Å². The van der Waals surface area contributed by atoms with E-state index in [1.54, 1.807) is 0 Å². The summed E-state index contributed by atoms with van der Waals surface area (Å²) in [6.07, 6.45) is 5.52. The number of unbranched alkanes of at least 4 members (excludes halogenated alkanes) is 3. The molecule has 0 radical (unpaired) electrons. The normalized spacial score (nSPS) is 27.5. The van der Waals surface area contributed by atoms with Gasteiger partial charge in [0, 0.05) is 6.42 Å². The molecule has 0 N–H and O–H groups in total. The Labute approximate surface area is 69.1 Å². The van der Waals surface area contributed by atoms with Gasteiger partial charge in [0.15, 0.2) is 0 Å². The van der Waals surface area contributed by atoms with Gasteiger partial charge in [0.1, 0.15) is 6.10 Å². The highest BCUT2D eigenvalue weighted by atomic mass is 16.6. The average molecular weight is 152 g/mol. The first-order chi connectivity index (χ1) is 5.34. The molecule has 0 bridgehead atoms. The smallest absolute Gasteiger partial charge is 0.144 e. The molecule has 1 saturated heterocycles. The molecule has 1 aliphatic heterocycles. The van der Waals surface area contributed by atoms with Crippen molar-refractivity contribution >= 4 is 0 Å². The molecule has 0 aliphatic carbocycles. The topological polar surface area (TPSA) is 12.5 Å². The van der Waals surface area contributed by atoms with E-state index in [9.17, 15) is 0 Å². The van der Waals surface area contributed by atoms with E-state index in [4.69, 9.17) is 4.74 Å². The summed E-state index contributed by atoms with van der Waals surface area (Å²) >= 11 is 0. The maximum absolute atomic E-state index is 5.15. The van der Waals surface area contributed by atoms with E-state index in [0.29, 0.717) is 6.10 Å². The second-order valence-electron chi connectivity index (χ2n) is 3.04. The fourth-order valence-electron chi connectivity index (χ4n) is 0.973. The molecule has 0 aromatic heterocycles. The minimum Gasteiger partial charge on any atom is -0.356 e. The third kappa shape index (κ3) is 3.43. The summed E-state index contributed by atoms with van der Waals surface area (Å²) in [6.45, 7) is 4.27. The van der Waals surface area contributed by atoms with Gasteiger partial charge < -0.3 is 4.74 Å². The van der Waals surface area contributed by atoms with Crippen LogP contribution in [0.3, 0.4) is 0 Å². The van der Waals surface area contributed by atoms with E-state index >= 15 is 0 Å². The van der Waals surface area contributed by atoms with Crippen LogP contribution < -0.4 is 0 Å². The lowest BCUT2D eigenvalue weighted by atomic mass is 10.2. The summed E-state index contributed by atoms with van der Waals surface area (Å²) in [5.41, 5.74) is 0. The first kappa shape index (κ1) is 8.62. The first-order valence-corrected chi connectivity index (χ1v) is 4.48. The van der Waals surface area contributed by atoms with Crippen LogP contribution in [0.2, 0.25) is 0 Å². The van der Waals surface area contributed by atoms with E-state index in [-0.39, 0.29) is 6.10 Å². The third-order valence-electron chi connectivity index (χ3n) is 1.86. The van der Waals surface area contributed by atoms with Crippen LogP contribution in [0, 0.1) is 11.8 Å². The van der Waals surface area contributed by atoms with Gasteiger partial charge in [-0.25, -0.2) is 0 Å². The Morgan fingerprint density at radius 3 is 2.64 bits per heavy atom. The lowest BCUT2D eigenvalue weighted by molar-refractivity contribution is 0.403. The SMILES string of the molecule is CCCCCC#C[C@H]1O[C@H]1C. The minimum absolute atomic E-state index is 0.261. The molecular weight excluding hydrogens is 136 g/mol. The second-order valence-corrected chi connectivity index (χ2v) is 3.04. The maximum atomic E-state index is 5.15. The zero-order valence-electron chi connectivity index (χ0n) is 7.39. The molecule has 11 heavy (non-hydrogen) atoms. The Kier molecular flexibility index (Phi) is 3.45. The molecule has 0 amide bonds. The molecule has 1 aliphatic rings. The van der Waals surface area contributed by atoms with Gasteiger partial charge in [-0.2, -0.15) is 0 Å². The third-order valence-corrected chi connectivity index (χ3v) is 1.86.